The summed E-state index contributed by atoms with van der Waals surface area (Å²) in [6, 6.07) is 17.2. The number of amides is 1. The number of cyclic esters (lactones) is 1. The molecule has 0 bridgehead atoms. The summed E-state index contributed by atoms with van der Waals surface area (Å²) >= 11 is 0. The Bertz CT molecular complexity index is 814. The third-order valence-corrected chi connectivity index (χ3v) is 5.14. The van der Waals surface area contributed by atoms with Gasteiger partial charge in [0.1, 0.15) is 0 Å². The number of ether oxygens (including phenoxy) is 2. The summed E-state index contributed by atoms with van der Waals surface area (Å²) in [7, 11) is 0. The smallest absolute Gasteiger partial charge is 0.339 e. The Morgan fingerprint density at radius 1 is 1.07 bits per heavy atom. The number of carbonyl (C=O) groups is 2. The number of benzene rings is 2. The van der Waals surface area contributed by atoms with Crippen LogP contribution < -0.4 is 0 Å². The molecule has 5 heteroatoms. The zero-order valence-corrected chi connectivity index (χ0v) is 15.2. The Labute approximate surface area is 158 Å². The van der Waals surface area contributed by atoms with Gasteiger partial charge in [0, 0.05) is 26.1 Å². The second-order valence-corrected chi connectivity index (χ2v) is 7.09. The van der Waals surface area contributed by atoms with Gasteiger partial charge in [-0.3, -0.25) is 4.79 Å². The topological polar surface area (TPSA) is 55.8 Å². The van der Waals surface area contributed by atoms with Gasteiger partial charge in [-0.1, -0.05) is 48.5 Å². The maximum absolute atomic E-state index is 13.2. The Hall–Kier alpha value is -2.66. The van der Waals surface area contributed by atoms with E-state index in [2.05, 4.69) is 0 Å². The monoisotopic (exact) mass is 365 g/mol. The maximum atomic E-state index is 13.2. The van der Waals surface area contributed by atoms with E-state index in [9.17, 15) is 9.59 Å². The number of hydrogen-bond acceptors (Lipinski definition) is 4. The first-order chi connectivity index (χ1) is 13.2. The van der Waals surface area contributed by atoms with E-state index >= 15 is 0 Å². The van der Waals surface area contributed by atoms with Crippen molar-refractivity contribution in [2.75, 3.05) is 13.2 Å². The van der Waals surface area contributed by atoms with Crippen molar-refractivity contribution in [1.29, 1.82) is 0 Å². The fraction of sp³-hybridized carbons (Fsp3) is 0.364. The number of rotatable bonds is 5. The van der Waals surface area contributed by atoms with Crippen molar-refractivity contribution in [2.45, 2.75) is 38.0 Å². The minimum Gasteiger partial charge on any atom is -0.448 e. The molecule has 0 N–H and O–H groups in total. The highest BCUT2D eigenvalue weighted by Gasteiger charge is 2.35. The molecule has 5 nitrogen and oxygen atoms in total. The van der Waals surface area contributed by atoms with Crippen LogP contribution in [0.15, 0.2) is 54.6 Å². The molecule has 2 unspecified atom stereocenters. The Morgan fingerprint density at radius 2 is 1.85 bits per heavy atom. The van der Waals surface area contributed by atoms with Crippen LogP contribution in [-0.4, -0.2) is 42.1 Å². The first-order valence-electron chi connectivity index (χ1n) is 9.44. The lowest BCUT2D eigenvalue weighted by atomic mass is 9.98. The molecule has 2 aliphatic heterocycles. The van der Waals surface area contributed by atoms with Crippen molar-refractivity contribution in [2.24, 2.45) is 0 Å². The average molecular weight is 365 g/mol. The molecule has 2 aromatic carbocycles. The lowest BCUT2D eigenvalue weighted by molar-refractivity contribution is -0.143. The van der Waals surface area contributed by atoms with Gasteiger partial charge in [0.05, 0.1) is 11.7 Å². The number of nitrogens with zero attached hydrogens (tertiary/aromatic N) is 1. The number of fused-ring (bicyclic) bond motifs is 1. The SMILES string of the molecule is O=C1OC(C(=O)N(Cc2ccccc2)CC2CCCO2)Cc2ccccc21. The molecular formula is C22H23NO4. The molecule has 2 aromatic rings. The summed E-state index contributed by atoms with van der Waals surface area (Å²) in [6.07, 6.45) is 1.65. The molecule has 0 spiro atoms. The minimum atomic E-state index is -0.780. The summed E-state index contributed by atoms with van der Waals surface area (Å²) in [6.45, 7) is 1.74. The van der Waals surface area contributed by atoms with E-state index < -0.39 is 12.1 Å². The van der Waals surface area contributed by atoms with Gasteiger partial charge in [0.25, 0.3) is 5.91 Å². The molecule has 140 valence electrons. The van der Waals surface area contributed by atoms with E-state index in [1.165, 1.54) is 0 Å². The minimum absolute atomic E-state index is 0.0456. The second-order valence-electron chi connectivity index (χ2n) is 7.09. The first-order valence-corrected chi connectivity index (χ1v) is 9.44. The first kappa shape index (κ1) is 17.7. The van der Waals surface area contributed by atoms with Gasteiger partial charge in [-0.05, 0) is 30.0 Å². The Kier molecular flexibility index (Phi) is 5.21. The average Bonchev–Trinajstić information content (AvgIpc) is 3.21. The van der Waals surface area contributed by atoms with E-state index in [0.717, 1.165) is 30.6 Å². The highest BCUT2D eigenvalue weighted by Crippen LogP contribution is 2.23. The fourth-order valence-electron chi connectivity index (χ4n) is 3.74. The second kappa shape index (κ2) is 7.92. The lowest BCUT2D eigenvalue weighted by Gasteiger charge is -2.31. The fourth-order valence-corrected chi connectivity index (χ4v) is 3.74. The van der Waals surface area contributed by atoms with E-state index in [1.54, 1.807) is 17.0 Å². The van der Waals surface area contributed by atoms with Crippen LogP contribution >= 0.6 is 0 Å². The predicted octanol–water partition coefficient (Wildman–Crippen LogP) is 2.98. The molecule has 27 heavy (non-hydrogen) atoms. The number of hydrogen-bond donors (Lipinski definition) is 0. The zero-order chi connectivity index (χ0) is 18.6. The van der Waals surface area contributed by atoms with Crippen molar-refractivity contribution in [1.82, 2.24) is 4.90 Å². The molecule has 1 fully saturated rings. The molecule has 2 heterocycles. The van der Waals surface area contributed by atoms with Crippen LogP contribution in [0.5, 0.6) is 0 Å². The van der Waals surface area contributed by atoms with E-state index in [1.807, 2.05) is 42.5 Å². The van der Waals surface area contributed by atoms with Crippen LogP contribution in [0.2, 0.25) is 0 Å². The predicted molar refractivity (Wildman–Crippen MR) is 100 cm³/mol. The molecule has 1 amide bonds. The molecule has 0 saturated carbocycles. The number of carbonyl (C=O) groups excluding carboxylic acids is 2. The van der Waals surface area contributed by atoms with E-state index in [0.29, 0.717) is 25.1 Å². The highest BCUT2D eigenvalue weighted by molar-refractivity contribution is 5.95. The standard InChI is InChI=1S/C22H23NO4/c24-21(20-13-17-9-4-5-11-19(17)22(25)27-20)23(15-18-10-6-12-26-18)14-16-7-2-1-3-8-16/h1-5,7-9,11,18,20H,6,10,12-15H2. The van der Waals surface area contributed by atoms with Crippen LogP contribution in [0.3, 0.4) is 0 Å². The molecule has 4 rings (SSSR count). The summed E-state index contributed by atoms with van der Waals surface area (Å²) in [5.74, 6) is -0.579. The van der Waals surface area contributed by atoms with Crippen LogP contribution in [0.4, 0.5) is 0 Å². The summed E-state index contributed by atoms with van der Waals surface area (Å²) in [5, 5.41) is 0. The Balaban J connectivity index is 1.53. The molecule has 0 aromatic heterocycles. The zero-order valence-electron chi connectivity index (χ0n) is 15.2. The van der Waals surface area contributed by atoms with Crippen LogP contribution in [0.25, 0.3) is 0 Å². The molecule has 0 radical (unpaired) electrons. The maximum Gasteiger partial charge on any atom is 0.339 e. The molecular weight excluding hydrogens is 342 g/mol. The van der Waals surface area contributed by atoms with Crippen molar-refractivity contribution < 1.29 is 19.1 Å². The summed E-state index contributed by atoms with van der Waals surface area (Å²) in [4.78, 5) is 27.3. The van der Waals surface area contributed by atoms with Crippen molar-refractivity contribution in [3.05, 3.63) is 71.3 Å². The molecule has 2 atom stereocenters. The van der Waals surface area contributed by atoms with Gasteiger partial charge in [0.2, 0.25) is 0 Å². The van der Waals surface area contributed by atoms with Crippen LogP contribution in [-0.2, 0) is 27.2 Å². The lowest BCUT2D eigenvalue weighted by Crippen LogP contribution is -2.46. The van der Waals surface area contributed by atoms with Gasteiger partial charge >= 0.3 is 5.97 Å². The van der Waals surface area contributed by atoms with Gasteiger partial charge < -0.3 is 14.4 Å². The van der Waals surface area contributed by atoms with E-state index in [-0.39, 0.29) is 12.0 Å². The summed E-state index contributed by atoms with van der Waals surface area (Å²) < 4.78 is 11.2. The normalized spacial score (nSPS) is 21.4. The van der Waals surface area contributed by atoms with Crippen LogP contribution in [0.1, 0.15) is 34.3 Å². The van der Waals surface area contributed by atoms with Gasteiger partial charge in [-0.25, -0.2) is 4.79 Å². The Morgan fingerprint density at radius 3 is 2.63 bits per heavy atom. The summed E-state index contributed by atoms with van der Waals surface area (Å²) in [5.41, 5.74) is 2.46. The molecule has 0 aliphatic carbocycles. The van der Waals surface area contributed by atoms with Gasteiger partial charge in [-0.15, -0.1) is 0 Å². The quantitative estimate of drug-likeness (QED) is 0.765. The van der Waals surface area contributed by atoms with Gasteiger partial charge in [-0.2, -0.15) is 0 Å². The molecule has 1 saturated heterocycles. The van der Waals surface area contributed by atoms with Crippen molar-refractivity contribution in [3.63, 3.8) is 0 Å². The van der Waals surface area contributed by atoms with Crippen molar-refractivity contribution >= 4 is 11.9 Å². The highest BCUT2D eigenvalue weighted by atomic mass is 16.5. The third kappa shape index (κ3) is 4.03. The number of esters is 1. The van der Waals surface area contributed by atoms with Crippen LogP contribution in [0, 0.1) is 0 Å². The van der Waals surface area contributed by atoms with Crippen molar-refractivity contribution in [3.8, 4) is 0 Å². The molecule has 2 aliphatic rings. The largest absolute Gasteiger partial charge is 0.448 e. The van der Waals surface area contributed by atoms with E-state index in [4.69, 9.17) is 9.47 Å². The third-order valence-electron chi connectivity index (χ3n) is 5.14. The van der Waals surface area contributed by atoms with Gasteiger partial charge in [0.15, 0.2) is 6.10 Å².